The summed E-state index contributed by atoms with van der Waals surface area (Å²) >= 11 is 0. The van der Waals surface area contributed by atoms with Crippen LogP contribution in [0.5, 0.6) is 0 Å². The Balaban J connectivity index is 1.37. The lowest BCUT2D eigenvalue weighted by Crippen LogP contribution is -2.60. The molecule has 0 aromatic carbocycles. The van der Waals surface area contributed by atoms with Gasteiger partial charge in [-0.3, -0.25) is 0 Å². The van der Waals surface area contributed by atoms with Crippen LogP contribution in [0.1, 0.15) is 107 Å². The molecule has 2 saturated carbocycles. The monoisotopic (exact) mass is 524 g/mol. The van der Waals surface area contributed by atoms with Crippen molar-refractivity contribution in [1.29, 1.82) is 0 Å². The summed E-state index contributed by atoms with van der Waals surface area (Å²) in [5, 5.41) is 0. The molecule has 0 amide bonds. The van der Waals surface area contributed by atoms with E-state index < -0.39 is 5.79 Å². The van der Waals surface area contributed by atoms with Gasteiger partial charge in [0.2, 0.25) is 0 Å². The SMILES string of the molecule is CCOC(=O)C(C)=CCC[C@@H](C)[C@H]1CC[C@@]2(C)C3=CCC4C(C)(C)C5(CC[C@]4(C)C3=CC[C@]12C)OCCO5. The second kappa shape index (κ2) is 9.61. The summed E-state index contributed by atoms with van der Waals surface area (Å²) in [5.74, 6) is 1.25. The van der Waals surface area contributed by atoms with Crippen molar-refractivity contribution in [2.24, 2.45) is 39.4 Å². The van der Waals surface area contributed by atoms with Crippen LogP contribution in [0, 0.1) is 39.4 Å². The smallest absolute Gasteiger partial charge is 0.333 e. The second-order valence-corrected chi connectivity index (χ2v) is 14.4. The maximum Gasteiger partial charge on any atom is 0.333 e. The van der Waals surface area contributed by atoms with Crippen LogP contribution in [-0.2, 0) is 19.0 Å². The van der Waals surface area contributed by atoms with Gasteiger partial charge in [0.15, 0.2) is 5.79 Å². The predicted molar refractivity (Wildman–Crippen MR) is 152 cm³/mol. The van der Waals surface area contributed by atoms with Gasteiger partial charge in [0.25, 0.3) is 0 Å². The highest BCUT2D eigenvalue weighted by atomic mass is 16.7. The molecule has 38 heavy (non-hydrogen) atoms. The Labute approximate surface area is 231 Å². The first-order valence-corrected chi connectivity index (χ1v) is 15.4. The molecule has 0 aromatic heterocycles. The van der Waals surface area contributed by atoms with Crippen LogP contribution in [0.15, 0.2) is 34.9 Å². The molecule has 5 rings (SSSR count). The molecule has 1 aliphatic heterocycles. The summed E-state index contributed by atoms with van der Waals surface area (Å²) in [7, 11) is 0. The van der Waals surface area contributed by atoms with E-state index in [9.17, 15) is 4.79 Å². The molecule has 3 fully saturated rings. The number of ether oxygens (including phenoxy) is 3. The zero-order chi connectivity index (χ0) is 27.6. The average Bonchev–Trinajstić information content (AvgIpc) is 3.46. The number of rotatable bonds is 6. The molecule has 0 radical (unpaired) electrons. The lowest BCUT2D eigenvalue weighted by molar-refractivity contribution is -0.279. The van der Waals surface area contributed by atoms with E-state index in [-0.39, 0.29) is 27.6 Å². The fraction of sp³-hybridized carbons (Fsp3) is 0.794. The molecule has 1 spiro atoms. The highest BCUT2D eigenvalue weighted by Crippen LogP contribution is 2.73. The van der Waals surface area contributed by atoms with Gasteiger partial charge in [-0.15, -0.1) is 0 Å². The van der Waals surface area contributed by atoms with Crippen molar-refractivity contribution in [2.75, 3.05) is 19.8 Å². The van der Waals surface area contributed by atoms with E-state index in [1.807, 2.05) is 13.8 Å². The second-order valence-electron chi connectivity index (χ2n) is 14.4. The summed E-state index contributed by atoms with van der Waals surface area (Å²) in [6.07, 6.45) is 16.5. The first kappa shape index (κ1) is 28.1. The number of carbonyl (C=O) groups excluding carboxylic acids is 1. The van der Waals surface area contributed by atoms with Crippen LogP contribution in [0.25, 0.3) is 0 Å². The van der Waals surface area contributed by atoms with Gasteiger partial charge in [-0.25, -0.2) is 4.79 Å². The first-order valence-electron chi connectivity index (χ1n) is 15.4. The molecule has 5 aliphatic rings. The van der Waals surface area contributed by atoms with Gasteiger partial charge < -0.3 is 14.2 Å². The Kier molecular flexibility index (Phi) is 7.12. The Hall–Kier alpha value is -1.39. The summed E-state index contributed by atoms with van der Waals surface area (Å²) in [4.78, 5) is 12.0. The molecule has 4 heteroatoms. The lowest BCUT2D eigenvalue weighted by Gasteiger charge is -2.63. The summed E-state index contributed by atoms with van der Waals surface area (Å²) in [6, 6.07) is 0. The molecule has 0 aromatic rings. The molecular weight excluding hydrogens is 472 g/mol. The molecule has 1 saturated heterocycles. The van der Waals surface area contributed by atoms with E-state index in [0.29, 0.717) is 24.4 Å². The number of allylic oxidation sites excluding steroid dienone is 5. The van der Waals surface area contributed by atoms with Crippen LogP contribution in [0.3, 0.4) is 0 Å². The minimum atomic E-state index is -0.413. The van der Waals surface area contributed by atoms with Gasteiger partial charge in [-0.2, -0.15) is 0 Å². The van der Waals surface area contributed by atoms with E-state index in [0.717, 1.165) is 50.9 Å². The number of fused-ring (bicyclic) bond motifs is 5. The predicted octanol–water partition coefficient (Wildman–Crippen LogP) is 8.18. The standard InChI is InChI=1S/C34H52O4/c1-9-36-29(35)24(3)12-10-11-23(2)25-15-17-33(8)27-13-14-28-30(4,5)34(37-21-22-38-34)20-19-31(28,6)26(27)16-18-32(25,33)7/h12-13,16,23,25,28H,9-11,14-15,17-22H2,1-8H3/t23-,25-,28?,31-,32-,33+/m1/s1. The van der Waals surface area contributed by atoms with E-state index in [2.05, 4.69) is 59.8 Å². The molecule has 0 N–H and O–H groups in total. The van der Waals surface area contributed by atoms with Gasteiger partial charge in [-0.05, 0) is 104 Å². The first-order chi connectivity index (χ1) is 17.9. The molecule has 6 atom stereocenters. The Morgan fingerprint density at radius 2 is 1.79 bits per heavy atom. The molecule has 0 bridgehead atoms. The fourth-order valence-electron chi connectivity index (χ4n) is 9.94. The van der Waals surface area contributed by atoms with Crippen LogP contribution in [0.4, 0.5) is 0 Å². The zero-order valence-electron chi connectivity index (χ0n) is 25.4. The lowest BCUT2D eigenvalue weighted by atomic mass is 9.43. The number of hydrogen-bond donors (Lipinski definition) is 0. The van der Waals surface area contributed by atoms with Crippen molar-refractivity contribution in [3.8, 4) is 0 Å². The van der Waals surface area contributed by atoms with Gasteiger partial charge in [0, 0.05) is 17.4 Å². The molecule has 4 aliphatic carbocycles. The van der Waals surface area contributed by atoms with Crippen molar-refractivity contribution >= 4 is 5.97 Å². The summed E-state index contributed by atoms with van der Waals surface area (Å²) in [5.41, 5.74) is 4.70. The zero-order valence-corrected chi connectivity index (χ0v) is 25.4. The van der Waals surface area contributed by atoms with Crippen molar-refractivity contribution in [3.63, 3.8) is 0 Å². The van der Waals surface area contributed by atoms with E-state index in [1.54, 1.807) is 11.1 Å². The van der Waals surface area contributed by atoms with E-state index in [4.69, 9.17) is 14.2 Å². The molecule has 1 unspecified atom stereocenters. The van der Waals surface area contributed by atoms with Crippen LogP contribution < -0.4 is 0 Å². The van der Waals surface area contributed by atoms with Crippen LogP contribution in [0.2, 0.25) is 0 Å². The number of hydrogen-bond acceptors (Lipinski definition) is 4. The molecular formula is C34H52O4. The van der Waals surface area contributed by atoms with Gasteiger partial charge in [0.1, 0.15) is 0 Å². The van der Waals surface area contributed by atoms with Gasteiger partial charge in [0.05, 0.1) is 19.8 Å². The highest BCUT2D eigenvalue weighted by molar-refractivity contribution is 5.87. The minimum Gasteiger partial charge on any atom is -0.463 e. The Morgan fingerprint density at radius 1 is 1.08 bits per heavy atom. The topological polar surface area (TPSA) is 44.8 Å². The van der Waals surface area contributed by atoms with Crippen molar-refractivity contribution in [1.82, 2.24) is 0 Å². The normalized spacial score (nSPS) is 40.1. The quantitative estimate of drug-likeness (QED) is 0.260. The van der Waals surface area contributed by atoms with Gasteiger partial charge in [-0.1, -0.05) is 59.8 Å². The Morgan fingerprint density at radius 3 is 2.47 bits per heavy atom. The maximum absolute atomic E-state index is 12.0. The number of carbonyl (C=O) groups is 1. The van der Waals surface area contributed by atoms with Crippen LogP contribution >= 0.6 is 0 Å². The summed E-state index contributed by atoms with van der Waals surface area (Å²) < 4.78 is 17.9. The maximum atomic E-state index is 12.0. The third-order valence-corrected chi connectivity index (χ3v) is 12.5. The molecule has 1 heterocycles. The average molecular weight is 525 g/mol. The van der Waals surface area contributed by atoms with E-state index in [1.165, 1.54) is 19.3 Å². The van der Waals surface area contributed by atoms with Gasteiger partial charge >= 0.3 is 5.97 Å². The minimum absolute atomic E-state index is 0.0249. The third kappa shape index (κ3) is 3.86. The Bertz CT molecular complexity index is 1040. The highest BCUT2D eigenvalue weighted by Gasteiger charge is 2.66. The molecule has 4 nitrogen and oxygen atoms in total. The van der Waals surface area contributed by atoms with Crippen LogP contribution in [-0.4, -0.2) is 31.6 Å². The largest absolute Gasteiger partial charge is 0.463 e. The third-order valence-electron chi connectivity index (χ3n) is 12.5. The van der Waals surface area contributed by atoms with Crippen molar-refractivity contribution < 1.29 is 19.0 Å². The van der Waals surface area contributed by atoms with Crippen molar-refractivity contribution in [3.05, 3.63) is 34.9 Å². The number of esters is 1. The van der Waals surface area contributed by atoms with E-state index >= 15 is 0 Å². The van der Waals surface area contributed by atoms with Crippen molar-refractivity contribution in [2.45, 2.75) is 113 Å². The summed E-state index contributed by atoms with van der Waals surface area (Å²) in [6.45, 7) is 20.6. The molecule has 212 valence electrons. The fourth-order valence-corrected chi connectivity index (χ4v) is 9.94.